The van der Waals surface area contributed by atoms with E-state index in [2.05, 4.69) is 0 Å². The molecule has 1 unspecified atom stereocenters. The van der Waals surface area contributed by atoms with Gasteiger partial charge in [-0.3, -0.25) is 9.59 Å². The molecule has 1 aliphatic rings. The van der Waals surface area contributed by atoms with E-state index in [0.29, 0.717) is 18.7 Å². The highest BCUT2D eigenvalue weighted by atomic mass is 32.2. The van der Waals surface area contributed by atoms with Gasteiger partial charge in [-0.1, -0.05) is 6.07 Å². The zero-order valence-electron chi connectivity index (χ0n) is 14.4. The maximum Gasteiger partial charge on any atom is 0.224 e. The van der Waals surface area contributed by atoms with Gasteiger partial charge in [-0.25, -0.2) is 12.8 Å². The predicted molar refractivity (Wildman–Crippen MR) is 93.5 cm³/mol. The summed E-state index contributed by atoms with van der Waals surface area (Å²) in [7, 11) is -3.08. The highest BCUT2D eigenvalue weighted by Crippen LogP contribution is 2.20. The number of hydrogen-bond donors (Lipinski definition) is 0. The maximum atomic E-state index is 13.4. The zero-order valence-corrected chi connectivity index (χ0v) is 15.3. The fraction of sp³-hybridized carbons (Fsp3) is 0.529. The second-order valence-corrected chi connectivity index (χ2v) is 8.37. The van der Waals surface area contributed by atoms with Crippen LogP contribution in [0.25, 0.3) is 0 Å². The fourth-order valence-corrected chi connectivity index (χ4v) is 4.85. The third-order valence-electron chi connectivity index (χ3n) is 4.36. The van der Waals surface area contributed by atoms with Gasteiger partial charge < -0.3 is 9.80 Å². The van der Waals surface area contributed by atoms with Gasteiger partial charge in [0.1, 0.15) is 5.82 Å². The van der Waals surface area contributed by atoms with Crippen molar-refractivity contribution in [1.82, 2.24) is 4.90 Å². The fourth-order valence-electron chi connectivity index (χ4n) is 3.12. The molecule has 2 rings (SSSR count). The Kier molecular flexibility index (Phi) is 6.16. The van der Waals surface area contributed by atoms with Gasteiger partial charge in [-0.15, -0.1) is 0 Å². The Hall–Kier alpha value is -1.96. The van der Waals surface area contributed by atoms with Crippen molar-refractivity contribution in [1.29, 1.82) is 0 Å². The molecule has 2 amide bonds. The first-order valence-electron chi connectivity index (χ1n) is 8.27. The molecule has 1 heterocycles. The van der Waals surface area contributed by atoms with E-state index in [9.17, 15) is 22.4 Å². The largest absolute Gasteiger partial charge is 0.339 e. The normalized spacial score (nSPS) is 18.8. The molecule has 0 radical (unpaired) electrons. The van der Waals surface area contributed by atoms with E-state index < -0.39 is 15.7 Å². The third kappa shape index (κ3) is 5.01. The molecule has 0 aliphatic carbocycles. The Labute approximate surface area is 147 Å². The molecule has 8 heteroatoms. The molecule has 6 nitrogen and oxygen atoms in total. The summed E-state index contributed by atoms with van der Waals surface area (Å²) in [5.74, 6) is -0.851. The lowest BCUT2D eigenvalue weighted by atomic mass is 10.2. The van der Waals surface area contributed by atoms with Crippen LogP contribution < -0.4 is 4.90 Å². The minimum Gasteiger partial charge on any atom is -0.339 e. The van der Waals surface area contributed by atoms with Crippen LogP contribution in [-0.4, -0.2) is 55.8 Å². The van der Waals surface area contributed by atoms with Crippen LogP contribution in [-0.2, 0) is 19.4 Å². The molecule has 1 aromatic carbocycles. The number of sulfone groups is 1. The number of nitrogens with zero attached hydrogens (tertiary/aromatic N) is 2. The van der Waals surface area contributed by atoms with E-state index in [1.165, 1.54) is 30.0 Å². The maximum absolute atomic E-state index is 13.4. The molecule has 1 atom stereocenters. The molecular formula is C17H23FN2O4S. The van der Waals surface area contributed by atoms with Crippen LogP contribution >= 0.6 is 0 Å². The van der Waals surface area contributed by atoms with Crippen LogP contribution in [0.4, 0.5) is 10.1 Å². The second-order valence-electron chi connectivity index (χ2n) is 6.14. The molecule has 138 valence electrons. The van der Waals surface area contributed by atoms with E-state index in [-0.39, 0.29) is 42.3 Å². The Morgan fingerprint density at radius 3 is 2.56 bits per heavy atom. The topological polar surface area (TPSA) is 74.8 Å². The zero-order chi connectivity index (χ0) is 18.6. The highest BCUT2D eigenvalue weighted by Gasteiger charge is 2.33. The lowest BCUT2D eigenvalue weighted by Gasteiger charge is -2.28. The molecular weight excluding hydrogens is 347 g/mol. The van der Waals surface area contributed by atoms with Crippen LogP contribution in [0.5, 0.6) is 0 Å². The number of rotatable bonds is 6. The smallest absolute Gasteiger partial charge is 0.224 e. The van der Waals surface area contributed by atoms with Crippen molar-refractivity contribution < 1.29 is 22.4 Å². The van der Waals surface area contributed by atoms with Gasteiger partial charge >= 0.3 is 0 Å². The quantitative estimate of drug-likeness (QED) is 0.762. The van der Waals surface area contributed by atoms with E-state index in [0.717, 1.165) is 0 Å². The van der Waals surface area contributed by atoms with Crippen molar-refractivity contribution in [2.75, 3.05) is 29.5 Å². The van der Waals surface area contributed by atoms with Crippen LogP contribution in [0.2, 0.25) is 0 Å². The SMILES string of the molecule is CCN(C(=O)CCN(C(C)=O)c1cccc(F)c1)C1CCS(=O)(=O)C1. The number of hydrogen-bond acceptors (Lipinski definition) is 4. The van der Waals surface area contributed by atoms with E-state index in [1.54, 1.807) is 17.9 Å². The number of halogens is 1. The summed E-state index contributed by atoms with van der Waals surface area (Å²) in [5, 5.41) is 0. The van der Waals surface area contributed by atoms with Gasteiger partial charge in [0.2, 0.25) is 11.8 Å². The summed E-state index contributed by atoms with van der Waals surface area (Å²) in [6.07, 6.45) is 0.503. The predicted octanol–water partition coefficient (Wildman–Crippen LogP) is 1.60. The van der Waals surface area contributed by atoms with E-state index in [4.69, 9.17) is 0 Å². The molecule has 0 saturated carbocycles. The number of carbonyl (C=O) groups is 2. The average Bonchev–Trinajstić information content (AvgIpc) is 2.88. The second kappa shape index (κ2) is 7.95. The number of anilines is 1. The molecule has 0 N–H and O–H groups in total. The Balaban J connectivity index is 2.04. The molecule has 1 aromatic rings. The monoisotopic (exact) mass is 370 g/mol. The average molecular weight is 370 g/mol. The molecule has 0 bridgehead atoms. The lowest BCUT2D eigenvalue weighted by molar-refractivity contribution is -0.132. The summed E-state index contributed by atoms with van der Waals surface area (Å²) in [6.45, 7) is 3.70. The van der Waals surface area contributed by atoms with Gasteiger partial charge in [0.25, 0.3) is 0 Å². The van der Waals surface area contributed by atoms with Crippen molar-refractivity contribution in [3.8, 4) is 0 Å². The molecule has 1 aliphatic heterocycles. The first-order valence-corrected chi connectivity index (χ1v) is 10.1. The summed E-state index contributed by atoms with van der Waals surface area (Å²) in [4.78, 5) is 27.3. The third-order valence-corrected chi connectivity index (χ3v) is 6.11. The van der Waals surface area contributed by atoms with Gasteiger partial charge in [-0.05, 0) is 31.5 Å². The summed E-state index contributed by atoms with van der Waals surface area (Å²) >= 11 is 0. The minimum absolute atomic E-state index is 0.00704. The highest BCUT2D eigenvalue weighted by molar-refractivity contribution is 7.91. The molecule has 0 aromatic heterocycles. The Morgan fingerprint density at radius 2 is 2.04 bits per heavy atom. The molecule has 1 fully saturated rings. The molecule has 0 spiro atoms. The van der Waals surface area contributed by atoms with Crippen LogP contribution in [0, 0.1) is 5.82 Å². The van der Waals surface area contributed by atoms with Crippen molar-refractivity contribution >= 4 is 27.3 Å². The van der Waals surface area contributed by atoms with Crippen LogP contribution in [0.1, 0.15) is 26.7 Å². The molecule has 25 heavy (non-hydrogen) atoms. The van der Waals surface area contributed by atoms with Crippen LogP contribution in [0.3, 0.4) is 0 Å². The number of benzene rings is 1. The number of carbonyl (C=O) groups excluding carboxylic acids is 2. The van der Waals surface area contributed by atoms with Gasteiger partial charge in [0, 0.05) is 38.2 Å². The first kappa shape index (κ1) is 19.4. The van der Waals surface area contributed by atoms with Crippen molar-refractivity contribution in [2.45, 2.75) is 32.7 Å². The summed E-state index contributed by atoms with van der Waals surface area (Å²) in [5.41, 5.74) is 0.395. The van der Waals surface area contributed by atoms with Gasteiger partial charge in [-0.2, -0.15) is 0 Å². The summed E-state index contributed by atoms with van der Waals surface area (Å²) < 4.78 is 36.6. The first-order chi connectivity index (χ1) is 11.7. The molecule has 1 saturated heterocycles. The van der Waals surface area contributed by atoms with Crippen LogP contribution in [0.15, 0.2) is 24.3 Å². The summed E-state index contributed by atoms with van der Waals surface area (Å²) in [6, 6.07) is 5.34. The standard InChI is InChI=1S/C17H23FN2O4S/c1-3-19(16-8-10-25(23,24)12-16)17(22)7-9-20(13(2)21)15-6-4-5-14(18)11-15/h4-6,11,16H,3,7-10,12H2,1-2H3. The number of amides is 2. The Morgan fingerprint density at radius 1 is 1.32 bits per heavy atom. The minimum atomic E-state index is -3.08. The van der Waals surface area contributed by atoms with Crippen molar-refractivity contribution in [3.63, 3.8) is 0 Å². The van der Waals surface area contributed by atoms with E-state index in [1.807, 2.05) is 0 Å². The van der Waals surface area contributed by atoms with Crippen molar-refractivity contribution in [3.05, 3.63) is 30.1 Å². The van der Waals surface area contributed by atoms with Gasteiger partial charge in [0.15, 0.2) is 9.84 Å². The van der Waals surface area contributed by atoms with Gasteiger partial charge in [0.05, 0.1) is 11.5 Å². The van der Waals surface area contributed by atoms with Crippen molar-refractivity contribution in [2.24, 2.45) is 0 Å². The lowest BCUT2D eigenvalue weighted by Crippen LogP contribution is -2.42. The van der Waals surface area contributed by atoms with E-state index >= 15 is 0 Å². The Bertz CT molecular complexity index is 751.